The molecule has 1 aliphatic heterocycles. The van der Waals surface area contributed by atoms with Gasteiger partial charge >= 0.3 is 0 Å². The number of benzene rings is 2. The maximum Gasteiger partial charge on any atom is 0.161 e. The Bertz CT molecular complexity index is 695. The fourth-order valence-electron chi connectivity index (χ4n) is 3.17. The minimum absolute atomic E-state index is 0.279. The second kappa shape index (κ2) is 9.74. The second-order valence-electron chi connectivity index (χ2n) is 6.78. The number of ether oxygens (including phenoxy) is 4. The van der Waals surface area contributed by atoms with Gasteiger partial charge in [-0.25, -0.2) is 0 Å². The number of aliphatic hydroxyl groups excluding tert-OH is 1. The van der Waals surface area contributed by atoms with Crippen molar-refractivity contribution in [1.29, 1.82) is 0 Å². The Morgan fingerprint density at radius 3 is 2.59 bits per heavy atom. The van der Waals surface area contributed by atoms with Crippen LogP contribution in [0.4, 0.5) is 0 Å². The highest BCUT2D eigenvalue weighted by molar-refractivity contribution is 5.44. The third-order valence-corrected chi connectivity index (χ3v) is 4.63. The van der Waals surface area contributed by atoms with Crippen molar-refractivity contribution in [2.45, 2.75) is 51.3 Å². The van der Waals surface area contributed by atoms with Crippen LogP contribution < -0.4 is 9.47 Å². The van der Waals surface area contributed by atoms with Crippen molar-refractivity contribution in [2.75, 3.05) is 13.7 Å². The summed E-state index contributed by atoms with van der Waals surface area (Å²) in [6, 6.07) is 15.6. The number of hydrogen-bond acceptors (Lipinski definition) is 5. The van der Waals surface area contributed by atoms with Gasteiger partial charge in [0.1, 0.15) is 12.7 Å². The van der Waals surface area contributed by atoms with Crippen LogP contribution in [0.1, 0.15) is 43.4 Å². The molecular formula is C22H28O5. The maximum absolute atomic E-state index is 10.2. The molecule has 2 aromatic carbocycles. The van der Waals surface area contributed by atoms with Crippen LogP contribution in [0, 0.1) is 0 Å². The summed E-state index contributed by atoms with van der Waals surface area (Å²) in [7, 11) is 1.61. The van der Waals surface area contributed by atoms with Crippen molar-refractivity contribution >= 4 is 0 Å². The number of rotatable bonds is 8. The molecule has 0 aliphatic carbocycles. The van der Waals surface area contributed by atoms with E-state index in [-0.39, 0.29) is 6.29 Å². The number of hydrogen-bond donors (Lipinski definition) is 1. The molecule has 1 saturated heterocycles. The Morgan fingerprint density at radius 1 is 1.11 bits per heavy atom. The maximum atomic E-state index is 10.2. The smallest absolute Gasteiger partial charge is 0.161 e. The van der Waals surface area contributed by atoms with E-state index in [1.54, 1.807) is 14.0 Å². The van der Waals surface area contributed by atoms with Crippen LogP contribution in [-0.4, -0.2) is 31.2 Å². The summed E-state index contributed by atoms with van der Waals surface area (Å²) in [5.74, 6) is 1.27. The van der Waals surface area contributed by atoms with E-state index in [0.29, 0.717) is 24.7 Å². The third-order valence-electron chi connectivity index (χ3n) is 4.63. The second-order valence-corrected chi connectivity index (χ2v) is 6.78. The zero-order chi connectivity index (χ0) is 19.1. The summed E-state index contributed by atoms with van der Waals surface area (Å²) >= 11 is 0. The average Bonchev–Trinajstić information content (AvgIpc) is 2.71. The normalized spacial score (nSPS) is 19.3. The first-order chi connectivity index (χ1) is 13.2. The zero-order valence-electron chi connectivity index (χ0n) is 16.0. The Balaban J connectivity index is 1.72. The largest absolute Gasteiger partial charge is 0.493 e. The molecule has 0 amide bonds. The third kappa shape index (κ3) is 5.45. The first-order valence-electron chi connectivity index (χ1n) is 9.47. The van der Waals surface area contributed by atoms with Gasteiger partial charge in [0.15, 0.2) is 17.8 Å². The van der Waals surface area contributed by atoms with E-state index in [2.05, 4.69) is 0 Å². The standard InChI is InChI=1S/C22H28O5/c1-16(23)22(27-21-10-6-7-13-25-21)18-11-12-19(20(14-18)24-2)26-15-17-8-4-3-5-9-17/h3-5,8-9,11-12,14,16,21-23H,6-7,10,13,15H2,1-2H3/t16-,21?,22+/m0/s1. The van der Waals surface area contributed by atoms with Crippen molar-refractivity contribution in [1.82, 2.24) is 0 Å². The molecule has 27 heavy (non-hydrogen) atoms. The molecule has 1 N–H and O–H groups in total. The van der Waals surface area contributed by atoms with Gasteiger partial charge in [-0.15, -0.1) is 0 Å². The van der Waals surface area contributed by atoms with Crippen LogP contribution in [0.25, 0.3) is 0 Å². The van der Waals surface area contributed by atoms with Crippen molar-refractivity contribution in [2.24, 2.45) is 0 Å². The molecule has 0 saturated carbocycles. The van der Waals surface area contributed by atoms with Crippen LogP contribution in [0.2, 0.25) is 0 Å². The van der Waals surface area contributed by atoms with Gasteiger partial charge in [-0.1, -0.05) is 36.4 Å². The molecule has 1 heterocycles. The van der Waals surface area contributed by atoms with E-state index < -0.39 is 12.2 Å². The van der Waals surface area contributed by atoms with Crippen LogP contribution in [0.3, 0.4) is 0 Å². The highest BCUT2D eigenvalue weighted by Crippen LogP contribution is 2.34. The van der Waals surface area contributed by atoms with Crippen LogP contribution in [0.15, 0.2) is 48.5 Å². The molecule has 5 heteroatoms. The lowest BCUT2D eigenvalue weighted by Gasteiger charge is -2.29. The first kappa shape index (κ1) is 19.7. The van der Waals surface area contributed by atoms with Gasteiger partial charge in [0.05, 0.1) is 13.2 Å². The molecule has 3 rings (SSSR count). The first-order valence-corrected chi connectivity index (χ1v) is 9.47. The van der Waals surface area contributed by atoms with Crippen molar-refractivity contribution in [3.05, 3.63) is 59.7 Å². The molecule has 1 aliphatic rings. The highest BCUT2D eigenvalue weighted by Gasteiger charge is 2.25. The van der Waals surface area contributed by atoms with E-state index in [4.69, 9.17) is 18.9 Å². The summed E-state index contributed by atoms with van der Waals surface area (Å²) in [5, 5.41) is 10.2. The summed E-state index contributed by atoms with van der Waals surface area (Å²) in [5.41, 5.74) is 1.92. The molecule has 5 nitrogen and oxygen atoms in total. The van der Waals surface area contributed by atoms with Crippen LogP contribution in [0.5, 0.6) is 11.5 Å². The Morgan fingerprint density at radius 2 is 1.93 bits per heavy atom. The molecule has 0 aromatic heterocycles. The van der Waals surface area contributed by atoms with Gasteiger partial charge < -0.3 is 24.1 Å². The van der Waals surface area contributed by atoms with Crippen molar-refractivity contribution in [3.8, 4) is 11.5 Å². The van der Waals surface area contributed by atoms with E-state index in [1.807, 2.05) is 48.5 Å². The van der Waals surface area contributed by atoms with Crippen molar-refractivity contribution < 1.29 is 24.1 Å². The summed E-state index contributed by atoms with van der Waals surface area (Å²) in [4.78, 5) is 0. The predicted octanol–water partition coefficient (Wildman–Crippen LogP) is 4.24. The Hall–Kier alpha value is -2.08. The van der Waals surface area contributed by atoms with E-state index in [0.717, 1.165) is 30.4 Å². The van der Waals surface area contributed by atoms with Gasteiger partial charge in [0, 0.05) is 6.61 Å². The topological polar surface area (TPSA) is 57.2 Å². The molecule has 0 bridgehead atoms. The van der Waals surface area contributed by atoms with Gasteiger partial charge in [-0.3, -0.25) is 0 Å². The van der Waals surface area contributed by atoms with Crippen molar-refractivity contribution in [3.63, 3.8) is 0 Å². The summed E-state index contributed by atoms with van der Waals surface area (Å²) < 4.78 is 23.1. The van der Waals surface area contributed by atoms with E-state index in [1.165, 1.54) is 0 Å². The highest BCUT2D eigenvalue weighted by atomic mass is 16.7. The molecule has 3 atom stereocenters. The summed E-state index contributed by atoms with van der Waals surface area (Å²) in [6.45, 7) is 2.88. The SMILES string of the molecule is COc1cc([C@H](OC2CCCCO2)[C@H](C)O)ccc1OCc1ccccc1. The minimum Gasteiger partial charge on any atom is -0.493 e. The quantitative estimate of drug-likeness (QED) is 0.751. The molecule has 1 unspecified atom stereocenters. The molecule has 146 valence electrons. The van der Waals surface area contributed by atoms with Gasteiger partial charge in [-0.05, 0) is 49.4 Å². The molecular weight excluding hydrogens is 344 g/mol. The lowest BCUT2D eigenvalue weighted by molar-refractivity contribution is -0.207. The zero-order valence-corrected chi connectivity index (χ0v) is 16.0. The fraction of sp³-hybridized carbons (Fsp3) is 0.455. The lowest BCUT2D eigenvalue weighted by atomic mass is 10.0. The molecule has 1 fully saturated rings. The number of methoxy groups -OCH3 is 1. The number of aliphatic hydroxyl groups is 1. The average molecular weight is 372 g/mol. The summed E-state index contributed by atoms with van der Waals surface area (Å²) in [6.07, 6.45) is 1.55. The molecule has 0 radical (unpaired) electrons. The van der Waals surface area contributed by atoms with Gasteiger partial charge in [-0.2, -0.15) is 0 Å². The van der Waals surface area contributed by atoms with E-state index in [9.17, 15) is 5.11 Å². The fourth-order valence-corrected chi connectivity index (χ4v) is 3.17. The van der Waals surface area contributed by atoms with Gasteiger partial charge in [0.2, 0.25) is 0 Å². The monoisotopic (exact) mass is 372 g/mol. The molecule has 2 aromatic rings. The van der Waals surface area contributed by atoms with Gasteiger partial charge in [0.25, 0.3) is 0 Å². The Labute approximate surface area is 160 Å². The lowest BCUT2D eigenvalue weighted by Crippen LogP contribution is -2.28. The Kier molecular flexibility index (Phi) is 7.10. The van der Waals surface area contributed by atoms with Crippen LogP contribution >= 0.6 is 0 Å². The van der Waals surface area contributed by atoms with Crippen LogP contribution in [-0.2, 0) is 16.1 Å². The molecule has 0 spiro atoms. The predicted molar refractivity (Wildman–Crippen MR) is 103 cm³/mol. The minimum atomic E-state index is -0.670. The van der Waals surface area contributed by atoms with E-state index >= 15 is 0 Å².